The van der Waals surface area contributed by atoms with Gasteiger partial charge in [0.25, 0.3) is 0 Å². The molecule has 0 radical (unpaired) electrons. The molecule has 0 bridgehead atoms. The highest BCUT2D eigenvalue weighted by Crippen LogP contribution is 2.53. The van der Waals surface area contributed by atoms with E-state index in [0.717, 1.165) is 11.8 Å². The third-order valence-electron chi connectivity index (χ3n) is 3.25. The first-order valence-corrected chi connectivity index (χ1v) is 5.40. The molecule has 1 aromatic heterocycles. The van der Waals surface area contributed by atoms with Gasteiger partial charge in [-0.15, -0.1) is 10.2 Å². The molecule has 78 valence electrons. The molecule has 1 heterocycles. The summed E-state index contributed by atoms with van der Waals surface area (Å²) in [6.45, 7) is 8.61. The smallest absolute Gasteiger partial charge is 0.222 e. The number of rotatable bonds is 3. The first-order chi connectivity index (χ1) is 6.56. The molecule has 0 atom stereocenters. The van der Waals surface area contributed by atoms with Gasteiger partial charge in [-0.3, -0.25) is 0 Å². The molecule has 1 aliphatic carbocycles. The predicted molar refractivity (Wildman–Crippen MR) is 54.1 cm³/mol. The van der Waals surface area contributed by atoms with Gasteiger partial charge >= 0.3 is 0 Å². The summed E-state index contributed by atoms with van der Waals surface area (Å²) in [4.78, 5) is 0. The van der Waals surface area contributed by atoms with E-state index in [2.05, 4.69) is 37.9 Å². The fraction of sp³-hybridized carbons (Fsp3) is 0.818. The fourth-order valence-corrected chi connectivity index (χ4v) is 1.84. The van der Waals surface area contributed by atoms with E-state index in [-0.39, 0.29) is 5.41 Å². The lowest BCUT2D eigenvalue weighted by atomic mass is 9.92. The normalized spacial score (nSPS) is 19.3. The molecule has 14 heavy (non-hydrogen) atoms. The monoisotopic (exact) mass is 194 g/mol. The molecule has 0 N–H and O–H groups in total. The maximum Gasteiger partial charge on any atom is 0.222 e. The van der Waals surface area contributed by atoms with Gasteiger partial charge in [0, 0.05) is 5.92 Å². The average Bonchev–Trinajstić information content (AvgIpc) is 2.77. The van der Waals surface area contributed by atoms with Crippen LogP contribution in [-0.4, -0.2) is 10.2 Å². The van der Waals surface area contributed by atoms with Crippen LogP contribution in [0.2, 0.25) is 0 Å². The van der Waals surface area contributed by atoms with Gasteiger partial charge in [0.2, 0.25) is 11.8 Å². The molecular weight excluding hydrogens is 176 g/mol. The molecule has 1 aliphatic rings. The van der Waals surface area contributed by atoms with Crippen LogP contribution in [0.3, 0.4) is 0 Å². The van der Waals surface area contributed by atoms with Crippen molar-refractivity contribution in [3.05, 3.63) is 11.8 Å². The van der Waals surface area contributed by atoms with Crippen molar-refractivity contribution in [1.29, 1.82) is 0 Å². The van der Waals surface area contributed by atoms with E-state index < -0.39 is 0 Å². The molecule has 0 amide bonds. The highest BCUT2D eigenvalue weighted by molar-refractivity contribution is 5.16. The Morgan fingerprint density at radius 2 is 1.79 bits per heavy atom. The van der Waals surface area contributed by atoms with Gasteiger partial charge in [-0.25, -0.2) is 0 Å². The van der Waals surface area contributed by atoms with Crippen molar-refractivity contribution in [2.45, 2.75) is 51.9 Å². The number of hydrogen-bond donors (Lipinski definition) is 0. The van der Waals surface area contributed by atoms with E-state index in [4.69, 9.17) is 4.42 Å². The minimum atomic E-state index is 0.208. The summed E-state index contributed by atoms with van der Waals surface area (Å²) in [7, 11) is 0. The molecule has 3 heteroatoms. The Morgan fingerprint density at radius 3 is 2.14 bits per heavy atom. The van der Waals surface area contributed by atoms with Crippen LogP contribution in [0.25, 0.3) is 0 Å². The quantitative estimate of drug-likeness (QED) is 0.742. The van der Waals surface area contributed by atoms with Crippen LogP contribution in [0.15, 0.2) is 4.42 Å². The van der Waals surface area contributed by atoms with Gasteiger partial charge in [0.05, 0.1) is 5.41 Å². The van der Waals surface area contributed by atoms with Crippen molar-refractivity contribution < 1.29 is 4.42 Å². The summed E-state index contributed by atoms with van der Waals surface area (Å²) in [6, 6.07) is 0. The maximum absolute atomic E-state index is 5.71. The molecule has 0 aromatic carbocycles. The SMILES string of the molecule is CC(C)c1nnc(C2(C(C)C)CC2)o1. The summed E-state index contributed by atoms with van der Waals surface area (Å²) in [5.41, 5.74) is 0.208. The zero-order valence-corrected chi connectivity index (χ0v) is 9.37. The lowest BCUT2D eigenvalue weighted by Gasteiger charge is -2.14. The second-order valence-electron chi connectivity index (χ2n) is 4.91. The molecule has 0 saturated heterocycles. The zero-order valence-electron chi connectivity index (χ0n) is 9.37. The topological polar surface area (TPSA) is 38.9 Å². The molecule has 0 aliphatic heterocycles. The van der Waals surface area contributed by atoms with Crippen molar-refractivity contribution >= 4 is 0 Å². The van der Waals surface area contributed by atoms with Gasteiger partial charge in [0.1, 0.15) is 0 Å². The van der Waals surface area contributed by atoms with E-state index in [0.29, 0.717) is 11.8 Å². The Kier molecular flexibility index (Phi) is 2.13. The molecule has 0 spiro atoms. The lowest BCUT2D eigenvalue weighted by molar-refractivity contribution is 0.343. The average molecular weight is 194 g/mol. The molecule has 3 nitrogen and oxygen atoms in total. The summed E-state index contributed by atoms with van der Waals surface area (Å²) in [5.74, 6) is 2.56. The Labute approximate surface area is 84.9 Å². The van der Waals surface area contributed by atoms with Gasteiger partial charge in [-0.05, 0) is 18.8 Å². The third kappa shape index (κ3) is 1.35. The van der Waals surface area contributed by atoms with E-state index in [1.807, 2.05) is 0 Å². The number of aromatic nitrogens is 2. The second kappa shape index (κ2) is 3.07. The van der Waals surface area contributed by atoms with E-state index in [9.17, 15) is 0 Å². The van der Waals surface area contributed by atoms with Crippen LogP contribution in [0, 0.1) is 5.92 Å². The van der Waals surface area contributed by atoms with Gasteiger partial charge in [-0.1, -0.05) is 27.7 Å². The Bertz CT molecular complexity index is 324. The minimum Gasteiger partial charge on any atom is -0.424 e. The third-order valence-corrected chi connectivity index (χ3v) is 3.25. The van der Waals surface area contributed by atoms with Crippen LogP contribution in [0.1, 0.15) is 58.2 Å². The first-order valence-electron chi connectivity index (χ1n) is 5.40. The predicted octanol–water partition coefficient (Wildman–Crippen LogP) is 2.88. The largest absolute Gasteiger partial charge is 0.424 e. The molecular formula is C11H18N2O. The summed E-state index contributed by atoms with van der Waals surface area (Å²) < 4.78 is 5.71. The number of hydrogen-bond acceptors (Lipinski definition) is 3. The second-order valence-corrected chi connectivity index (χ2v) is 4.91. The Morgan fingerprint density at radius 1 is 1.14 bits per heavy atom. The van der Waals surface area contributed by atoms with Gasteiger partial charge in [-0.2, -0.15) is 0 Å². The highest BCUT2D eigenvalue weighted by Gasteiger charge is 2.51. The van der Waals surface area contributed by atoms with Crippen LogP contribution in [0.5, 0.6) is 0 Å². The maximum atomic E-state index is 5.71. The molecule has 1 aromatic rings. The van der Waals surface area contributed by atoms with Crippen LogP contribution < -0.4 is 0 Å². The zero-order chi connectivity index (χ0) is 10.3. The summed E-state index contributed by atoms with van der Waals surface area (Å²) in [6.07, 6.45) is 2.40. The van der Waals surface area contributed by atoms with Crippen molar-refractivity contribution in [2.24, 2.45) is 5.92 Å². The van der Waals surface area contributed by atoms with Crippen molar-refractivity contribution in [2.75, 3.05) is 0 Å². The molecule has 2 rings (SSSR count). The van der Waals surface area contributed by atoms with E-state index >= 15 is 0 Å². The Balaban J connectivity index is 2.25. The van der Waals surface area contributed by atoms with Crippen LogP contribution >= 0.6 is 0 Å². The van der Waals surface area contributed by atoms with Gasteiger partial charge < -0.3 is 4.42 Å². The minimum absolute atomic E-state index is 0.208. The molecule has 0 unspecified atom stereocenters. The van der Waals surface area contributed by atoms with Crippen molar-refractivity contribution in [3.8, 4) is 0 Å². The van der Waals surface area contributed by atoms with Crippen molar-refractivity contribution in [3.63, 3.8) is 0 Å². The van der Waals surface area contributed by atoms with Crippen LogP contribution in [0.4, 0.5) is 0 Å². The van der Waals surface area contributed by atoms with Gasteiger partial charge in [0.15, 0.2) is 0 Å². The standard InChI is InChI=1S/C11H18N2O/c1-7(2)9-12-13-10(14-9)11(5-6-11)8(3)4/h7-8H,5-6H2,1-4H3. The van der Waals surface area contributed by atoms with E-state index in [1.54, 1.807) is 0 Å². The van der Waals surface area contributed by atoms with Crippen molar-refractivity contribution in [1.82, 2.24) is 10.2 Å². The summed E-state index contributed by atoms with van der Waals surface area (Å²) >= 11 is 0. The Hall–Kier alpha value is -0.860. The van der Waals surface area contributed by atoms with Crippen LogP contribution in [-0.2, 0) is 5.41 Å². The fourth-order valence-electron chi connectivity index (χ4n) is 1.84. The lowest BCUT2D eigenvalue weighted by Crippen LogP contribution is -2.14. The molecule has 1 saturated carbocycles. The molecule has 1 fully saturated rings. The highest BCUT2D eigenvalue weighted by atomic mass is 16.4. The first kappa shape index (κ1) is 9.69. The number of nitrogens with zero attached hydrogens (tertiary/aromatic N) is 2. The van der Waals surface area contributed by atoms with E-state index in [1.165, 1.54) is 12.8 Å². The summed E-state index contributed by atoms with van der Waals surface area (Å²) in [5, 5.41) is 8.26.